The zero-order valence-electron chi connectivity index (χ0n) is 15.7. The Labute approximate surface area is 158 Å². The van der Waals surface area contributed by atoms with Gasteiger partial charge in [0.15, 0.2) is 9.84 Å². The summed E-state index contributed by atoms with van der Waals surface area (Å²) in [5, 5.41) is -0.0797. The molecular weight excluding hydrogens is 386 g/mol. The lowest BCUT2D eigenvalue weighted by atomic mass is 9.77. The second kappa shape index (κ2) is 6.92. The van der Waals surface area contributed by atoms with Crippen LogP contribution >= 0.6 is 11.6 Å². The number of hydrogen-bond acceptors (Lipinski definition) is 6. The minimum Gasteiger partial charge on any atom is -0.386 e. The highest BCUT2D eigenvalue weighted by Crippen LogP contribution is 2.49. The van der Waals surface area contributed by atoms with Gasteiger partial charge in [0.1, 0.15) is 32.6 Å². The molecule has 0 aromatic rings. The number of nitrogens with zero attached hydrogens (tertiary/aromatic N) is 3. The van der Waals surface area contributed by atoms with Crippen molar-refractivity contribution in [2.24, 2.45) is 15.7 Å². The van der Waals surface area contributed by atoms with Gasteiger partial charge in [0.2, 0.25) is 5.50 Å². The third-order valence-corrected chi connectivity index (χ3v) is 8.28. The van der Waals surface area contributed by atoms with Crippen LogP contribution in [0.5, 0.6) is 0 Å². The van der Waals surface area contributed by atoms with E-state index in [1.54, 1.807) is 0 Å². The monoisotopic (exact) mass is 410 g/mol. The lowest BCUT2D eigenvalue weighted by molar-refractivity contribution is 0.0713. The average Bonchev–Trinajstić information content (AvgIpc) is 2.57. The molecule has 0 amide bonds. The zero-order valence-corrected chi connectivity index (χ0v) is 17.3. The molecule has 0 spiro atoms. The van der Waals surface area contributed by atoms with E-state index < -0.39 is 37.0 Å². The van der Waals surface area contributed by atoms with Crippen molar-refractivity contribution >= 4 is 34.0 Å². The Hall–Kier alpha value is -1.48. The number of amidine groups is 1. The fraction of sp³-hybridized carbons (Fsp3) is 0.625. The Morgan fingerprint density at radius 3 is 2.42 bits per heavy atom. The van der Waals surface area contributed by atoms with Gasteiger partial charge in [0, 0.05) is 7.05 Å². The van der Waals surface area contributed by atoms with Crippen molar-refractivity contribution in [2.45, 2.75) is 55.9 Å². The molecular formula is C16H25ClF2N4O2S. The average molecular weight is 411 g/mol. The van der Waals surface area contributed by atoms with E-state index in [1.807, 2.05) is 0 Å². The normalized spacial score (nSPS) is 31.0. The highest BCUT2D eigenvalue weighted by molar-refractivity contribution is 7.94. The first-order chi connectivity index (χ1) is 11.7. The number of alkyl halides is 1. The molecule has 0 aromatic heterocycles. The number of hydrogen-bond donors (Lipinski definition) is 1. The second-order valence-electron chi connectivity index (χ2n) is 6.92. The van der Waals surface area contributed by atoms with Crippen LogP contribution in [0.4, 0.5) is 8.78 Å². The Morgan fingerprint density at radius 2 is 2.00 bits per heavy atom. The number of nitrogens with two attached hydrogens (primary N) is 1. The summed E-state index contributed by atoms with van der Waals surface area (Å²) < 4.78 is 54.2. The first kappa shape index (κ1) is 22.6. The summed E-state index contributed by atoms with van der Waals surface area (Å²) in [6.07, 6.45) is 2.23. The van der Waals surface area contributed by atoms with E-state index in [-0.39, 0.29) is 11.0 Å². The fourth-order valence-electron chi connectivity index (χ4n) is 2.87. The molecule has 0 radical (unpaired) electrons. The van der Waals surface area contributed by atoms with E-state index in [1.165, 1.54) is 41.7 Å². The van der Waals surface area contributed by atoms with Gasteiger partial charge in [-0.15, -0.1) is 0 Å². The molecule has 2 unspecified atom stereocenters. The Bertz CT molecular complexity index is 794. The Morgan fingerprint density at radius 1 is 1.50 bits per heavy atom. The summed E-state index contributed by atoms with van der Waals surface area (Å²) >= 11 is 6.12. The minimum atomic E-state index is -4.43. The van der Waals surface area contributed by atoms with E-state index in [0.717, 1.165) is 17.2 Å². The van der Waals surface area contributed by atoms with Crippen LogP contribution < -0.4 is 5.73 Å². The number of allylic oxidation sites excluding steroid dienone is 1. The minimum absolute atomic E-state index is 0.0797. The molecule has 0 saturated carbocycles. The molecule has 10 heteroatoms. The molecule has 3 atom stereocenters. The first-order valence-corrected chi connectivity index (χ1v) is 9.69. The molecule has 0 fully saturated rings. The largest absolute Gasteiger partial charge is 0.386 e. The van der Waals surface area contributed by atoms with Crippen LogP contribution in [0.1, 0.15) is 34.6 Å². The summed E-state index contributed by atoms with van der Waals surface area (Å²) in [6, 6.07) is 0. The summed E-state index contributed by atoms with van der Waals surface area (Å²) in [6.45, 7) is 9.68. The van der Waals surface area contributed by atoms with Crippen molar-refractivity contribution in [3.63, 3.8) is 0 Å². The highest BCUT2D eigenvalue weighted by atomic mass is 35.5. The van der Waals surface area contributed by atoms with Gasteiger partial charge in [-0.2, -0.15) is 0 Å². The molecule has 6 nitrogen and oxygen atoms in total. The zero-order chi connectivity index (χ0) is 20.7. The molecule has 1 heterocycles. The molecule has 0 saturated heterocycles. The lowest BCUT2D eigenvalue weighted by Crippen LogP contribution is -2.70. The Balaban J connectivity index is 3.90. The molecule has 1 rings (SSSR count). The van der Waals surface area contributed by atoms with Crippen LogP contribution in [0.25, 0.3) is 0 Å². The van der Waals surface area contributed by atoms with Gasteiger partial charge in [-0.05, 0) is 41.3 Å². The number of aliphatic imine (C=N–C) groups is 2. The third-order valence-electron chi connectivity index (χ3n) is 5.29. The van der Waals surface area contributed by atoms with Crippen LogP contribution in [-0.4, -0.2) is 54.2 Å². The van der Waals surface area contributed by atoms with Crippen LogP contribution in [0.3, 0.4) is 0 Å². The quantitative estimate of drug-likeness (QED) is 0.557. The summed E-state index contributed by atoms with van der Waals surface area (Å²) in [5.74, 6) is -1.13. The molecule has 2 N–H and O–H groups in total. The maximum atomic E-state index is 15.4. The van der Waals surface area contributed by atoms with E-state index in [4.69, 9.17) is 17.3 Å². The van der Waals surface area contributed by atoms with Gasteiger partial charge in [-0.3, -0.25) is 9.98 Å². The second-order valence-corrected chi connectivity index (χ2v) is 9.83. The molecule has 148 valence electrons. The standard InChI is InChI=1S/C16H25ClF2N4O2S/c1-8-10(18)16(5,23(7)11(17)9-21-6)15(4)12(19)26(24,25)14(2,3)13(20)22-15/h8-9,12H,6H2,1-5,7H3,(H2,20,22)/b10-8+,11-9-/t12?,15-,16?/m0/s1. The maximum absolute atomic E-state index is 15.4. The number of rotatable bonds is 5. The van der Waals surface area contributed by atoms with Crippen LogP contribution in [0.2, 0.25) is 0 Å². The van der Waals surface area contributed by atoms with Crippen molar-refractivity contribution in [3.05, 3.63) is 23.3 Å². The van der Waals surface area contributed by atoms with Crippen molar-refractivity contribution in [3.8, 4) is 0 Å². The van der Waals surface area contributed by atoms with Crippen LogP contribution in [-0.2, 0) is 9.84 Å². The summed E-state index contributed by atoms with van der Waals surface area (Å²) in [4.78, 5) is 8.81. The van der Waals surface area contributed by atoms with E-state index in [9.17, 15) is 8.42 Å². The van der Waals surface area contributed by atoms with Gasteiger partial charge in [-0.1, -0.05) is 17.7 Å². The molecule has 1 aliphatic heterocycles. The number of halogens is 3. The van der Waals surface area contributed by atoms with Gasteiger partial charge in [0.05, 0.1) is 6.20 Å². The first-order valence-electron chi connectivity index (χ1n) is 7.77. The van der Waals surface area contributed by atoms with Gasteiger partial charge in [0.25, 0.3) is 0 Å². The van der Waals surface area contributed by atoms with Gasteiger partial charge < -0.3 is 10.6 Å². The number of sulfone groups is 1. The van der Waals surface area contributed by atoms with Crippen molar-refractivity contribution in [1.82, 2.24) is 4.90 Å². The number of likely N-dealkylation sites (N-methyl/N-ethyl adjacent to an activating group) is 1. The van der Waals surface area contributed by atoms with Crippen molar-refractivity contribution in [1.29, 1.82) is 0 Å². The maximum Gasteiger partial charge on any atom is 0.229 e. The lowest BCUT2D eigenvalue weighted by Gasteiger charge is -2.52. The van der Waals surface area contributed by atoms with Crippen molar-refractivity contribution < 1.29 is 17.2 Å². The molecule has 0 bridgehead atoms. The molecule has 26 heavy (non-hydrogen) atoms. The summed E-state index contributed by atoms with van der Waals surface area (Å²) in [7, 11) is -3.06. The summed E-state index contributed by atoms with van der Waals surface area (Å²) in [5.41, 5.74) is -0.692. The smallest absolute Gasteiger partial charge is 0.229 e. The Kier molecular flexibility index (Phi) is 6.00. The van der Waals surface area contributed by atoms with Gasteiger partial charge in [-0.25, -0.2) is 17.2 Å². The fourth-order valence-corrected chi connectivity index (χ4v) is 4.85. The van der Waals surface area contributed by atoms with E-state index in [2.05, 4.69) is 16.7 Å². The predicted molar refractivity (Wildman–Crippen MR) is 102 cm³/mol. The highest BCUT2D eigenvalue weighted by Gasteiger charge is 2.65. The molecule has 0 aliphatic carbocycles. The van der Waals surface area contributed by atoms with E-state index >= 15 is 8.78 Å². The topological polar surface area (TPSA) is 88.1 Å². The van der Waals surface area contributed by atoms with Crippen LogP contribution in [0.15, 0.2) is 33.2 Å². The van der Waals surface area contributed by atoms with E-state index in [0.29, 0.717) is 0 Å². The molecule has 1 aliphatic rings. The third kappa shape index (κ3) is 2.85. The van der Waals surface area contributed by atoms with Crippen molar-refractivity contribution in [2.75, 3.05) is 7.05 Å². The van der Waals surface area contributed by atoms with Crippen LogP contribution in [0, 0.1) is 0 Å². The molecule has 0 aromatic carbocycles. The SMILES string of the molecule is C=N/C=C(/Cl)N(C)C(C)(/C(F)=C\C)[C@@]1(C)N=C(N)C(C)(C)S(=O)(=O)C1F. The van der Waals surface area contributed by atoms with Gasteiger partial charge >= 0.3 is 0 Å². The predicted octanol–water partition coefficient (Wildman–Crippen LogP) is 2.91.